The molecule has 0 fully saturated rings. The molecule has 2 N–H and O–H groups in total. The summed E-state index contributed by atoms with van der Waals surface area (Å²) in [5, 5.41) is 12.4. The van der Waals surface area contributed by atoms with Crippen LogP contribution in [0, 0.1) is 6.92 Å². The fourth-order valence-electron chi connectivity index (χ4n) is 4.40. The number of hydrogen-bond acceptors (Lipinski definition) is 4. The number of carboxylic acids is 1. The second-order valence-electron chi connectivity index (χ2n) is 9.43. The van der Waals surface area contributed by atoms with Crippen LogP contribution in [0.4, 0.5) is 0 Å². The molecule has 2 amide bonds. The van der Waals surface area contributed by atoms with Crippen LogP contribution >= 0.6 is 0 Å². The summed E-state index contributed by atoms with van der Waals surface area (Å²) in [7, 11) is 0. The van der Waals surface area contributed by atoms with E-state index in [0.717, 1.165) is 16.7 Å². The molecule has 0 bridgehead atoms. The number of pyridine rings is 1. The number of aliphatic carboxylic acids is 1. The molecule has 0 aliphatic heterocycles. The van der Waals surface area contributed by atoms with Gasteiger partial charge in [0.15, 0.2) is 0 Å². The number of nitrogens with one attached hydrogen (secondary N) is 1. The standard InChI is InChI=1S/C32H31N3O4/c1-22-13-15-25(16-14-22)23(2)34-31(38)28-11-5-3-9-26(28)27-10-4-6-12-29(27)32(39)35(19-17-30(36)37)21-24-8-7-18-33-20-24/h3-16,18,20,23H,17,19,21H2,1-2H3,(H,34,38)(H,36,37)/t23-/m1/s1. The molecule has 1 atom stereocenters. The van der Waals surface area contributed by atoms with E-state index in [4.69, 9.17) is 0 Å². The quantitative estimate of drug-likeness (QED) is 0.280. The summed E-state index contributed by atoms with van der Waals surface area (Å²) in [5.74, 6) is -1.56. The van der Waals surface area contributed by atoms with Gasteiger partial charge in [-0.2, -0.15) is 0 Å². The van der Waals surface area contributed by atoms with Gasteiger partial charge in [0, 0.05) is 36.6 Å². The number of nitrogens with zero attached hydrogens (tertiary/aromatic N) is 2. The van der Waals surface area contributed by atoms with E-state index in [1.54, 1.807) is 42.7 Å². The van der Waals surface area contributed by atoms with Crippen molar-refractivity contribution in [1.29, 1.82) is 0 Å². The normalized spacial score (nSPS) is 11.4. The average Bonchev–Trinajstić information content (AvgIpc) is 2.95. The van der Waals surface area contributed by atoms with Crippen LogP contribution in [0.1, 0.15) is 56.8 Å². The Morgan fingerprint density at radius 1 is 0.872 bits per heavy atom. The molecule has 1 heterocycles. The number of carbonyl (C=O) groups excluding carboxylic acids is 2. The van der Waals surface area contributed by atoms with E-state index in [2.05, 4.69) is 10.3 Å². The SMILES string of the molecule is Cc1ccc([C@@H](C)NC(=O)c2ccccc2-c2ccccc2C(=O)N(CCC(=O)O)Cc2cccnc2)cc1. The van der Waals surface area contributed by atoms with Gasteiger partial charge in [0.05, 0.1) is 12.5 Å². The van der Waals surface area contributed by atoms with Gasteiger partial charge in [0.1, 0.15) is 0 Å². The number of benzene rings is 3. The second kappa shape index (κ2) is 12.6. The van der Waals surface area contributed by atoms with E-state index < -0.39 is 5.97 Å². The molecular weight excluding hydrogens is 490 g/mol. The monoisotopic (exact) mass is 521 g/mol. The molecule has 4 aromatic rings. The van der Waals surface area contributed by atoms with Gasteiger partial charge in [-0.05, 0) is 54.3 Å². The Morgan fingerprint density at radius 3 is 2.15 bits per heavy atom. The van der Waals surface area contributed by atoms with Crippen LogP contribution in [0.2, 0.25) is 0 Å². The number of aromatic nitrogens is 1. The van der Waals surface area contributed by atoms with Crippen molar-refractivity contribution in [1.82, 2.24) is 15.2 Å². The van der Waals surface area contributed by atoms with Gasteiger partial charge in [0.25, 0.3) is 11.8 Å². The lowest BCUT2D eigenvalue weighted by molar-refractivity contribution is -0.137. The van der Waals surface area contributed by atoms with E-state index in [0.29, 0.717) is 22.3 Å². The van der Waals surface area contributed by atoms with Crippen molar-refractivity contribution >= 4 is 17.8 Å². The predicted molar refractivity (Wildman–Crippen MR) is 150 cm³/mol. The molecule has 0 unspecified atom stereocenters. The van der Waals surface area contributed by atoms with Crippen LogP contribution in [-0.4, -0.2) is 39.3 Å². The number of rotatable bonds is 10. The van der Waals surface area contributed by atoms with Gasteiger partial charge in [-0.15, -0.1) is 0 Å². The number of aryl methyl sites for hydroxylation is 1. The molecule has 198 valence electrons. The number of carbonyl (C=O) groups is 3. The predicted octanol–water partition coefficient (Wildman–Crippen LogP) is 5.67. The van der Waals surface area contributed by atoms with E-state index in [9.17, 15) is 19.5 Å². The average molecular weight is 522 g/mol. The van der Waals surface area contributed by atoms with Gasteiger partial charge in [-0.1, -0.05) is 72.3 Å². The fourth-order valence-corrected chi connectivity index (χ4v) is 4.40. The van der Waals surface area contributed by atoms with Crippen molar-refractivity contribution in [2.24, 2.45) is 0 Å². The summed E-state index contributed by atoms with van der Waals surface area (Å²) in [6.45, 7) is 4.20. The Hall–Kier alpha value is -4.78. The third-order valence-electron chi connectivity index (χ3n) is 6.52. The zero-order chi connectivity index (χ0) is 27.8. The first-order valence-electron chi connectivity index (χ1n) is 12.8. The van der Waals surface area contributed by atoms with Crippen molar-refractivity contribution in [3.05, 3.63) is 125 Å². The highest BCUT2D eigenvalue weighted by atomic mass is 16.4. The van der Waals surface area contributed by atoms with E-state index in [-0.39, 0.29) is 37.4 Å². The van der Waals surface area contributed by atoms with Crippen molar-refractivity contribution in [2.75, 3.05) is 6.54 Å². The molecule has 1 aromatic heterocycles. The minimum Gasteiger partial charge on any atom is -0.481 e. The molecule has 0 aliphatic carbocycles. The Morgan fingerprint density at radius 2 is 1.51 bits per heavy atom. The lowest BCUT2D eigenvalue weighted by Crippen LogP contribution is -2.33. The molecule has 0 radical (unpaired) electrons. The molecule has 0 saturated carbocycles. The zero-order valence-corrected chi connectivity index (χ0v) is 22.0. The number of hydrogen-bond donors (Lipinski definition) is 2. The summed E-state index contributed by atoms with van der Waals surface area (Å²) in [6.07, 6.45) is 3.11. The van der Waals surface area contributed by atoms with Crippen molar-refractivity contribution in [3.8, 4) is 11.1 Å². The van der Waals surface area contributed by atoms with Gasteiger partial charge in [-0.3, -0.25) is 19.4 Å². The van der Waals surface area contributed by atoms with Crippen LogP contribution in [0.5, 0.6) is 0 Å². The van der Waals surface area contributed by atoms with Gasteiger partial charge < -0.3 is 15.3 Å². The van der Waals surface area contributed by atoms with Crippen LogP contribution < -0.4 is 5.32 Å². The minimum absolute atomic E-state index is 0.0353. The first-order chi connectivity index (χ1) is 18.8. The zero-order valence-electron chi connectivity index (χ0n) is 22.0. The van der Waals surface area contributed by atoms with Gasteiger partial charge >= 0.3 is 5.97 Å². The highest BCUT2D eigenvalue weighted by Crippen LogP contribution is 2.29. The maximum Gasteiger partial charge on any atom is 0.305 e. The van der Waals surface area contributed by atoms with Crippen molar-refractivity contribution in [3.63, 3.8) is 0 Å². The summed E-state index contributed by atoms with van der Waals surface area (Å²) in [5.41, 5.74) is 4.98. The van der Waals surface area contributed by atoms with Crippen LogP contribution in [0.3, 0.4) is 0 Å². The maximum atomic E-state index is 13.8. The molecule has 0 spiro atoms. The van der Waals surface area contributed by atoms with Crippen LogP contribution in [0.25, 0.3) is 11.1 Å². The molecule has 0 saturated heterocycles. The van der Waals surface area contributed by atoms with E-state index >= 15 is 0 Å². The smallest absolute Gasteiger partial charge is 0.305 e. The lowest BCUT2D eigenvalue weighted by Gasteiger charge is -2.24. The Balaban J connectivity index is 1.65. The number of carboxylic acid groups (broad SMARTS) is 1. The highest BCUT2D eigenvalue weighted by molar-refractivity contribution is 6.06. The Kier molecular flexibility index (Phi) is 8.84. The second-order valence-corrected chi connectivity index (χ2v) is 9.43. The minimum atomic E-state index is -0.989. The Labute approximate surface area is 228 Å². The summed E-state index contributed by atoms with van der Waals surface area (Å²) in [6, 6.07) is 25.7. The fraction of sp³-hybridized carbons (Fsp3) is 0.188. The summed E-state index contributed by atoms with van der Waals surface area (Å²) < 4.78 is 0. The molecule has 7 nitrogen and oxygen atoms in total. The molecule has 0 aliphatic rings. The molecule has 7 heteroatoms. The third kappa shape index (κ3) is 6.96. The maximum absolute atomic E-state index is 13.8. The first kappa shape index (κ1) is 27.3. The van der Waals surface area contributed by atoms with E-state index in [1.165, 1.54) is 4.90 Å². The summed E-state index contributed by atoms with van der Waals surface area (Å²) >= 11 is 0. The Bertz CT molecular complexity index is 1450. The summed E-state index contributed by atoms with van der Waals surface area (Å²) in [4.78, 5) is 44.2. The molecular formula is C32H31N3O4. The van der Waals surface area contributed by atoms with Crippen molar-refractivity contribution < 1.29 is 19.5 Å². The first-order valence-corrected chi connectivity index (χ1v) is 12.8. The van der Waals surface area contributed by atoms with Crippen molar-refractivity contribution in [2.45, 2.75) is 32.9 Å². The largest absolute Gasteiger partial charge is 0.481 e. The topological polar surface area (TPSA) is 99.6 Å². The third-order valence-corrected chi connectivity index (χ3v) is 6.52. The lowest BCUT2D eigenvalue weighted by atomic mass is 9.94. The molecule has 4 rings (SSSR count). The van der Waals surface area contributed by atoms with Crippen LogP contribution in [-0.2, 0) is 11.3 Å². The van der Waals surface area contributed by atoms with Gasteiger partial charge in [0.2, 0.25) is 0 Å². The molecule has 3 aromatic carbocycles. The van der Waals surface area contributed by atoms with Gasteiger partial charge in [-0.25, -0.2) is 0 Å². The number of amides is 2. The van der Waals surface area contributed by atoms with Crippen LogP contribution in [0.15, 0.2) is 97.3 Å². The molecule has 39 heavy (non-hydrogen) atoms. The van der Waals surface area contributed by atoms with E-state index in [1.807, 2.05) is 68.4 Å². The highest BCUT2D eigenvalue weighted by Gasteiger charge is 2.23.